The molecule has 6 heteroatoms. The Hall–Kier alpha value is -2.44. The van der Waals surface area contributed by atoms with Crippen LogP contribution in [0.5, 0.6) is 5.75 Å². The molecule has 0 bridgehead atoms. The van der Waals surface area contributed by atoms with E-state index < -0.39 is 12.1 Å². The van der Waals surface area contributed by atoms with Gasteiger partial charge in [-0.25, -0.2) is 0 Å². The molecule has 2 aliphatic carbocycles. The monoisotopic (exact) mass is 470 g/mol. The third-order valence-electron chi connectivity index (χ3n) is 6.03. The highest BCUT2D eigenvalue weighted by atomic mass is 79.9. The minimum Gasteiger partial charge on any atom is -0.491 e. The van der Waals surface area contributed by atoms with E-state index in [-0.39, 0.29) is 30.6 Å². The summed E-state index contributed by atoms with van der Waals surface area (Å²) in [7, 11) is 0. The summed E-state index contributed by atoms with van der Waals surface area (Å²) in [4.78, 5) is 24.0. The Labute approximate surface area is 183 Å². The van der Waals surface area contributed by atoms with Crippen LogP contribution in [0.1, 0.15) is 53.7 Å². The fourth-order valence-corrected chi connectivity index (χ4v) is 4.79. The number of allylic oxidation sites excluding steroid dienone is 2. The van der Waals surface area contributed by atoms with Crippen molar-refractivity contribution in [3.63, 3.8) is 0 Å². The number of hydrogen-bond donors (Lipinski definition) is 2. The van der Waals surface area contributed by atoms with Gasteiger partial charge < -0.3 is 14.9 Å². The smallest absolute Gasteiger partial charge is 0.303 e. The van der Waals surface area contributed by atoms with Crippen molar-refractivity contribution in [2.24, 2.45) is 0 Å². The SMILES string of the molecule is CC1(C)C2=C(C(=O)c3ccc(OC[C@H](O)CCC(=O)O)cc31)c1ccc(Br)cc1C2. The first kappa shape index (κ1) is 20.8. The highest BCUT2D eigenvalue weighted by molar-refractivity contribution is 9.10. The van der Waals surface area contributed by atoms with Gasteiger partial charge in [-0.2, -0.15) is 0 Å². The van der Waals surface area contributed by atoms with E-state index in [1.165, 1.54) is 0 Å². The Bertz CT molecular complexity index is 1080. The van der Waals surface area contributed by atoms with Gasteiger partial charge in [0.1, 0.15) is 12.4 Å². The molecule has 0 amide bonds. The lowest BCUT2D eigenvalue weighted by Gasteiger charge is -2.34. The number of benzene rings is 2. The third-order valence-corrected chi connectivity index (χ3v) is 6.52. The summed E-state index contributed by atoms with van der Waals surface area (Å²) < 4.78 is 6.71. The highest BCUT2D eigenvalue weighted by Crippen LogP contribution is 2.50. The van der Waals surface area contributed by atoms with Crippen molar-refractivity contribution in [1.82, 2.24) is 0 Å². The van der Waals surface area contributed by atoms with Gasteiger partial charge in [0.05, 0.1) is 6.10 Å². The molecule has 0 aliphatic heterocycles. The third kappa shape index (κ3) is 3.59. The van der Waals surface area contributed by atoms with Gasteiger partial charge in [-0.05, 0) is 65.4 Å². The summed E-state index contributed by atoms with van der Waals surface area (Å²) in [6, 6.07) is 11.5. The van der Waals surface area contributed by atoms with Crippen LogP contribution >= 0.6 is 15.9 Å². The lowest BCUT2D eigenvalue weighted by atomic mass is 9.68. The molecule has 2 N–H and O–H groups in total. The van der Waals surface area contributed by atoms with Crippen molar-refractivity contribution in [3.05, 3.63) is 68.7 Å². The number of aliphatic carboxylic acids is 1. The van der Waals surface area contributed by atoms with Crippen molar-refractivity contribution in [2.75, 3.05) is 6.61 Å². The molecule has 0 unspecified atom stereocenters. The van der Waals surface area contributed by atoms with Crippen LogP contribution in [0.4, 0.5) is 0 Å². The zero-order valence-corrected chi connectivity index (χ0v) is 18.5. The summed E-state index contributed by atoms with van der Waals surface area (Å²) in [5.74, 6) is -0.350. The van der Waals surface area contributed by atoms with Crippen LogP contribution in [0.25, 0.3) is 5.57 Å². The van der Waals surface area contributed by atoms with Gasteiger partial charge >= 0.3 is 5.97 Å². The lowest BCUT2D eigenvalue weighted by molar-refractivity contribution is -0.137. The first-order chi connectivity index (χ1) is 14.2. The molecule has 2 aromatic carbocycles. The molecule has 0 aromatic heterocycles. The van der Waals surface area contributed by atoms with Crippen molar-refractivity contribution in [1.29, 1.82) is 0 Å². The number of rotatable bonds is 6. The lowest BCUT2D eigenvalue weighted by Crippen LogP contribution is -2.30. The Morgan fingerprint density at radius 2 is 1.93 bits per heavy atom. The second-order valence-corrected chi connectivity index (χ2v) is 9.31. The Morgan fingerprint density at radius 1 is 1.20 bits per heavy atom. The van der Waals surface area contributed by atoms with Crippen molar-refractivity contribution < 1.29 is 24.5 Å². The van der Waals surface area contributed by atoms with Gasteiger partial charge in [0, 0.05) is 27.4 Å². The average molecular weight is 471 g/mol. The molecule has 0 saturated heterocycles. The minimum absolute atomic E-state index is 0.00779. The van der Waals surface area contributed by atoms with Crippen LogP contribution in [0.15, 0.2) is 46.4 Å². The summed E-state index contributed by atoms with van der Waals surface area (Å²) in [5.41, 5.74) is 5.34. The fraction of sp³-hybridized carbons (Fsp3) is 0.333. The highest BCUT2D eigenvalue weighted by Gasteiger charge is 2.42. The second kappa shape index (κ2) is 7.67. The molecular weight excluding hydrogens is 448 g/mol. The standard InChI is InChI=1S/C24H23BrO5/c1-24(2)19-11-16(30-12-15(26)4-8-21(27)28)5-7-18(19)23(29)22-17-6-3-14(25)9-13(17)10-20(22)24/h3,5-7,9,11,15,26H,4,8,10,12H2,1-2H3,(H,27,28)/t15-/m1/s1. The number of carboxylic acids is 1. The van der Waals surface area contributed by atoms with Gasteiger partial charge in [0.2, 0.25) is 0 Å². The van der Waals surface area contributed by atoms with E-state index in [4.69, 9.17) is 9.84 Å². The number of aliphatic hydroxyl groups is 1. The number of carbonyl (C=O) groups is 2. The number of carboxylic acid groups (broad SMARTS) is 1. The molecule has 1 atom stereocenters. The summed E-state index contributed by atoms with van der Waals surface area (Å²) in [5, 5.41) is 18.7. The van der Waals surface area contributed by atoms with E-state index in [2.05, 4.69) is 35.8 Å². The van der Waals surface area contributed by atoms with Crippen LogP contribution in [0.3, 0.4) is 0 Å². The molecule has 0 radical (unpaired) electrons. The minimum atomic E-state index is -0.947. The maximum absolute atomic E-state index is 13.4. The zero-order chi connectivity index (χ0) is 21.6. The van der Waals surface area contributed by atoms with Crippen LogP contribution in [-0.2, 0) is 16.6 Å². The molecule has 156 valence electrons. The topological polar surface area (TPSA) is 83.8 Å². The van der Waals surface area contributed by atoms with Gasteiger partial charge in [-0.15, -0.1) is 0 Å². The number of hydrogen-bond acceptors (Lipinski definition) is 4. The number of Topliss-reactive ketones (excluding diaryl/α,β-unsaturated/α-hetero) is 1. The Morgan fingerprint density at radius 3 is 2.67 bits per heavy atom. The van der Waals surface area contributed by atoms with Crippen LogP contribution < -0.4 is 4.74 Å². The first-order valence-electron chi connectivity index (χ1n) is 9.93. The maximum Gasteiger partial charge on any atom is 0.303 e. The predicted octanol–water partition coefficient (Wildman–Crippen LogP) is 4.54. The van der Waals surface area contributed by atoms with Gasteiger partial charge in [-0.3, -0.25) is 9.59 Å². The van der Waals surface area contributed by atoms with Gasteiger partial charge in [0.25, 0.3) is 0 Å². The molecule has 4 rings (SSSR count). The van der Waals surface area contributed by atoms with E-state index in [9.17, 15) is 14.7 Å². The largest absolute Gasteiger partial charge is 0.491 e. The van der Waals surface area contributed by atoms with Crippen LogP contribution in [0, 0.1) is 0 Å². The average Bonchev–Trinajstić information content (AvgIpc) is 3.09. The number of aliphatic hydroxyl groups excluding tert-OH is 1. The number of fused-ring (bicyclic) bond motifs is 3. The number of carbonyl (C=O) groups excluding carboxylic acids is 1. The predicted molar refractivity (Wildman–Crippen MR) is 117 cm³/mol. The number of halogens is 1. The van der Waals surface area contributed by atoms with Crippen molar-refractivity contribution in [2.45, 2.75) is 44.6 Å². The van der Waals surface area contributed by atoms with Crippen molar-refractivity contribution in [3.8, 4) is 5.75 Å². The molecule has 2 aliphatic rings. The Balaban J connectivity index is 1.61. The maximum atomic E-state index is 13.4. The normalized spacial score (nSPS) is 17.3. The summed E-state index contributed by atoms with van der Waals surface area (Å²) in [6.45, 7) is 4.26. The molecule has 30 heavy (non-hydrogen) atoms. The molecule has 0 heterocycles. The number of ketones is 1. The van der Waals surface area contributed by atoms with Crippen LogP contribution in [-0.4, -0.2) is 34.7 Å². The molecule has 0 fully saturated rings. The van der Waals surface area contributed by atoms with E-state index in [1.54, 1.807) is 12.1 Å². The van der Waals surface area contributed by atoms with Crippen molar-refractivity contribution >= 4 is 33.3 Å². The molecule has 0 saturated carbocycles. The van der Waals surface area contributed by atoms with Gasteiger partial charge in [0.15, 0.2) is 5.78 Å². The Kier molecular flexibility index (Phi) is 5.32. The van der Waals surface area contributed by atoms with E-state index in [0.717, 1.165) is 38.7 Å². The zero-order valence-electron chi connectivity index (χ0n) is 16.9. The summed E-state index contributed by atoms with van der Waals surface area (Å²) in [6.07, 6.45) is -0.0942. The molecule has 5 nitrogen and oxygen atoms in total. The molecule has 2 aromatic rings. The summed E-state index contributed by atoms with van der Waals surface area (Å²) >= 11 is 3.52. The first-order valence-corrected chi connectivity index (χ1v) is 10.7. The van der Waals surface area contributed by atoms with E-state index in [0.29, 0.717) is 11.3 Å². The van der Waals surface area contributed by atoms with Gasteiger partial charge in [-0.1, -0.05) is 35.8 Å². The number of ether oxygens (including phenoxy) is 1. The molecular formula is C24H23BrO5. The van der Waals surface area contributed by atoms with Crippen LogP contribution in [0.2, 0.25) is 0 Å². The molecule has 0 spiro atoms. The quantitative estimate of drug-likeness (QED) is 0.647. The van der Waals surface area contributed by atoms with E-state index in [1.807, 2.05) is 18.2 Å². The fourth-order valence-electron chi connectivity index (χ4n) is 4.38. The second-order valence-electron chi connectivity index (χ2n) is 8.39. The van der Waals surface area contributed by atoms with E-state index >= 15 is 0 Å².